The smallest absolute Gasteiger partial charge is 0.238 e. The molecule has 0 saturated heterocycles. The Balaban J connectivity index is 2.11. The summed E-state index contributed by atoms with van der Waals surface area (Å²) in [6.45, 7) is 6.18. The van der Waals surface area contributed by atoms with Crippen LogP contribution in [-0.2, 0) is 25.3 Å². The van der Waals surface area contributed by atoms with Crippen molar-refractivity contribution >= 4 is 25.5 Å². The van der Waals surface area contributed by atoms with Crippen molar-refractivity contribution in [3.05, 3.63) is 54.1 Å². The van der Waals surface area contributed by atoms with E-state index in [2.05, 4.69) is 26.1 Å². The number of sulfone groups is 1. The van der Waals surface area contributed by atoms with Crippen LogP contribution in [0.4, 0.5) is 5.69 Å². The summed E-state index contributed by atoms with van der Waals surface area (Å²) in [5.41, 5.74) is 1.49. The van der Waals surface area contributed by atoms with E-state index in [1.807, 2.05) is 12.1 Å². The summed E-state index contributed by atoms with van der Waals surface area (Å²) < 4.78 is 47.2. The number of nitrogens with two attached hydrogens (primary N) is 1. The minimum Gasteiger partial charge on any atom is -0.371 e. The van der Waals surface area contributed by atoms with Crippen LogP contribution in [0.1, 0.15) is 26.3 Å². The van der Waals surface area contributed by atoms with E-state index in [4.69, 9.17) is 5.14 Å². The molecule has 25 heavy (non-hydrogen) atoms. The van der Waals surface area contributed by atoms with Crippen LogP contribution in [0.25, 0.3) is 0 Å². The third-order valence-electron chi connectivity index (χ3n) is 3.73. The summed E-state index contributed by atoms with van der Waals surface area (Å²) in [6, 6.07) is 12.4. The third kappa shape index (κ3) is 5.04. The highest BCUT2D eigenvalue weighted by Gasteiger charge is 2.17. The lowest BCUT2D eigenvalue weighted by molar-refractivity contribution is 0.586. The van der Waals surface area contributed by atoms with Gasteiger partial charge in [0, 0.05) is 5.69 Å². The zero-order valence-corrected chi connectivity index (χ0v) is 16.0. The third-order valence-corrected chi connectivity index (χ3v) is 6.17. The molecule has 0 fully saturated rings. The first kappa shape index (κ1) is 19.4. The van der Waals surface area contributed by atoms with Crippen LogP contribution in [-0.4, -0.2) is 22.7 Å². The lowest BCUT2D eigenvalue weighted by atomic mass is 9.87. The summed E-state index contributed by atoms with van der Waals surface area (Å²) in [6.07, 6.45) is 0. The molecule has 0 heterocycles. The Kier molecular flexibility index (Phi) is 5.27. The number of anilines is 1. The first-order valence-electron chi connectivity index (χ1n) is 7.60. The van der Waals surface area contributed by atoms with Gasteiger partial charge in [-0.25, -0.2) is 22.0 Å². The van der Waals surface area contributed by atoms with Crippen molar-refractivity contribution in [2.45, 2.75) is 36.0 Å². The quantitative estimate of drug-likeness (QED) is 0.826. The Hall–Kier alpha value is -1.90. The van der Waals surface area contributed by atoms with Crippen LogP contribution in [0.2, 0.25) is 0 Å². The summed E-state index contributed by atoms with van der Waals surface area (Å²) in [7, 11) is -7.28. The molecule has 0 atom stereocenters. The van der Waals surface area contributed by atoms with Gasteiger partial charge in [-0.15, -0.1) is 0 Å². The average Bonchev–Trinajstić information content (AvgIpc) is 2.52. The first-order chi connectivity index (χ1) is 11.4. The second-order valence-corrected chi connectivity index (χ2v) is 10.3. The van der Waals surface area contributed by atoms with Gasteiger partial charge in [0.2, 0.25) is 10.0 Å². The van der Waals surface area contributed by atoms with Crippen molar-refractivity contribution in [3.63, 3.8) is 0 Å². The van der Waals surface area contributed by atoms with E-state index in [1.54, 1.807) is 12.1 Å². The van der Waals surface area contributed by atoms with Crippen LogP contribution in [0, 0.1) is 0 Å². The molecular weight excluding hydrogens is 360 g/mol. The molecule has 0 spiro atoms. The Labute approximate surface area is 149 Å². The molecule has 0 aliphatic heterocycles. The largest absolute Gasteiger partial charge is 0.371 e. The van der Waals surface area contributed by atoms with Crippen LogP contribution < -0.4 is 10.5 Å². The summed E-state index contributed by atoms with van der Waals surface area (Å²) in [5, 5.41) is 7.81. The number of benzene rings is 2. The predicted octanol–water partition coefficient (Wildman–Crippen LogP) is 2.47. The molecule has 2 rings (SSSR count). The number of primary sulfonamides is 1. The van der Waals surface area contributed by atoms with E-state index in [0.717, 1.165) is 5.56 Å². The highest BCUT2D eigenvalue weighted by Crippen LogP contribution is 2.24. The molecule has 0 amide bonds. The molecular formula is C17H22N2O4S2. The predicted molar refractivity (Wildman–Crippen MR) is 98.6 cm³/mol. The Morgan fingerprint density at radius 1 is 0.840 bits per heavy atom. The second kappa shape index (κ2) is 6.78. The van der Waals surface area contributed by atoms with Crippen molar-refractivity contribution in [3.8, 4) is 0 Å². The fourth-order valence-electron chi connectivity index (χ4n) is 2.19. The standard InChI is InChI=1S/C17H22N2O4S2/c1-17(2,3)13-4-8-15(9-5-13)24(20,21)12-19-14-6-10-16(11-7-14)25(18,22)23/h4-11,19H,12H2,1-3H3,(H2,18,22,23). The van der Waals surface area contributed by atoms with Crippen LogP contribution >= 0.6 is 0 Å². The van der Waals surface area contributed by atoms with E-state index in [0.29, 0.717) is 5.69 Å². The van der Waals surface area contributed by atoms with Crippen LogP contribution in [0.15, 0.2) is 58.3 Å². The molecule has 0 aliphatic carbocycles. The van der Waals surface area contributed by atoms with Crippen molar-refractivity contribution in [1.82, 2.24) is 0 Å². The van der Waals surface area contributed by atoms with Gasteiger partial charge in [0.05, 0.1) is 9.79 Å². The highest BCUT2D eigenvalue weighted by atomic mass is 32.2. The molecule has 6 nitrogen and oxygen atoms in total. The van der Waals surface area contributed by atoms with E-state index < -0.39 is 19.9 Å². The molecule has 136 valence electrons. The van der Waals surface area contributed by atoms with Crippen molar-refractivity contribution in [2.75, 3.05) is 11.2 Å². The lowest BCUT2D eigenvalue weighted by Gasteiger charge is -2.19. The second-order valence-electron chi connectivity index (χ2n) is 6.78. The van der Waals surface area contributed by atoms with E-state index in [-0.39, 0.29) is 21.1 Å². The molecule has 8 heteroatoms. The monoisotopic (exact) mass is 382 g/mol. The molecule has 3 N–H and O–H groups in total. The first-order valence-corrected chi connectivity index (χ1v) is 10.8. The maximum absolute atomic E-state index is 12.4. The van der Waals surface area contributed by atoms with Gasteiger partial charge in [-0.1, -0.05) is 32.9 Å². The van der Waals surface area contributed by atoms with Gasteiger partial charge in [0.15, 0.2) is 9.84 Å². The molecule has 2 aromatic rings. The fourth-order valence-corrected chi connectivity index (χ4v) is 3.78. The Morgan fingerprint density at radius 3 is 1.76 bits per heavy atom. The summed E-state index contributed by atoms with van der Waals surface area (Å²) >= 11 is 0. The van der Waals surface area contributed by atoms with E-state index >= 15 is 0 Å². The van der Waals surface area contributed by atoms with Gasteiger partial charge >= 0.3 is 0 Å². The molecule has 2 aromatic carbocycles. The summed E-state index contributed by atoms with van der Waals surface area (Å²) in [5.74, 6) is -0.295. The maximum atomic E-state index is 12.4. The van der Waals surface area contributed by atoms with E-state index in [9.17, 15) is 16.8 Å². The van der Waals surface area contributed by atoms with Gasteiger partial charge in [-0.3, -0.25) is 0 Å². The molecule has 0 radical (unpaired) electrons. The molecule has 0 unspecified atom stereocenters. The van der Waals surface area contributed by atoms with Crippen molar-refractivity contribution in [2.24, 2.45) is 5.14 Å². The molecule has 0 aliphatic rings. The minimum absolute atomic E-state index is 0.0290. The Bertz CT molecular complexity index is 941. The molecule has 0 saturated carbocycles. The van der Waals surface area contributed by atoms with Gasteiger partial charge in [0.1, 0.15) is 5.88 Å². The zero-order valence-electron chi connectivity index (χ0n) is 14.4. The normalized spacial score (nSPS) is 12.8. The number of nitrogens with one attached hydrogen (secondary N) is 1. The SMILES string of the molecule is CC(C)(C)c1ccc(S(=O)(=O)CNc2ccc(S(N)(=O)=O)cc2)cc1. The van der Waals surface area contributed by atoms with Crippen LogP contribution in [0.3, 0.4) is 0 Å². The average molecular weight is 383 g/mol. The highest BCUT2D eigenvalue weighted by molar-refractivity contribution is 7.91. The van der Waals surface area contributed by atoms with Crippen molar-refractivity contribution in [1.29, 1.82) is 0 Å². The lowest BCUT2D eigenvalue weighted by Crippen LogP contribution is -2.16. The zero-order chi connectivity index (χ0) is 18.9. The number of rotatable bonds is 5. The maximum Gasteiger partial charge on any atom is 0.238 e. The van der Waals surface area contributed by atoms with Gasteiger partial charge in [0.25, 0.3) is 0 Å². The summed E-state index contributed by atoms with van der Waals surface area (Å²) in [4.78, 5) is 0.202. The number of hydrogen-bond donors (Lipinski definition) is 2. The number of hydrogen-bond acceptors (Lipinski definition) is 5. The minimum atomic E-state index is -3.77. The topological polar surface area (TPSA) is 106 Å². The number of sulfonamides is 1. The van der Waals surface area contributed by atoms with Gasteiger partial charge < -0.3 is 5.32 Å². The van der Waals surface area contributed by atoms with Crippen LogP contribution in [0.5, 0.6) is 0 Å². The molecule has 0 aromatic heterocycles. The Morgan fingerprint density at radius 2 is 1.32 bits per heavy atom. The molecule has 0 bridgehead atoms. The van der Waals surface area contributed by atoms with E-state index in [1.165, 1.54) is 24.3 Å². The van der Waals surface area contributed by atoms with Gasteiger partial charge in [-0.2, -0.15) is 0 Å². The van der Waals surface area contributed by atoms with Gasteiger partial charge in [-0.05, 0) is 47.4 Å². The van der Waals surface area contributed by atoms with Crippen molar-refractivity contribution < 1.29 is 16.8 Å². The fraction of sp³-hybridized carbons (Fsp3) is 0.294.